The number of hydrogen-bond donors (Lipinski definition) is 1. The predicted octanol–water partition coefficient (Wildman–Crippen LogP) is 5.34. The standard InChI is InChI=1S/C21H20N4O2S3/c26-30(27,25-12-2-1-3-13-25)19-8-7-18(29-19)16-9-11-22-21(23-16)24-17-6-4-5-15-10-14-28-20(15)17/h4-11,14H,1-3,12-13H2,(H,22,23,24). The maximum Gasteiger partial charge on any atom is 0.252 e. The molecule has 0 unspecified atom stereocenters. The average molecular weight is 457 g/mol. The van der Waals surface area contributed by atoms with Gasteiger partial charge in [0, 0.05) is 19.3 Å². The number of nitrogens with one attached hydrogen (secondary N) is 1. The number of nitrogens with zero attached hydrogens (tertiary/aromatic N) is 3. The molecule has 0 saturated carbocycles. The van der Waals surface area contributed by atoms with Crippen LogP contribution < -0.4 is 5.32 Å². The zero-order chi connectivity index (χ0) is 20.6. The first-order valence-electron chi connectivity index (χ1n) is 9.78. The van der Waals surface area contributed by atoms with Gasteiger partial charge < -0.3 is 5.32 Å². The Balaban J connectivity index is 1.41. The van der Waals surface area contributed by atoms with Gasteiger partial charge in [-0.25, -0.2) is 18.4 Å². The summed E-state index contributed by atoms with van der Waals surface area (Å²) < 4.78 is 29.0. The van der Waals surface area contributed by atoms with Crippen molar-refractivity contribution in [2.75, 3.05) is 18.4 Å². The second-order valence-corrected chi connectivity index (χ2v) is 11.3. The minimum absolute atomic E-state index is 0.371. The third-order valence-corrected chi connectivity index (χ3v) is 9.56. The van der Waals surface area contributed by atoms with Gasteiger partial charge in [0.2, 0.25) is 5.95 Å². The normalized spacial score (nSPS) is 15.5. The molecule has 5 rings (SSSR count). The van der Waals surface area contributed by atoms with Gasteiger partial charge in [0.25, 0.3) is 10.0 Å². The molecule has 1 fully saturated rings. The number of fused-ring (bicyclic) bond motifs is 1. The summed E-state index contributed by atoms with van der Waals surface area (Å²) in [6.45, 7) is 1.21. The summed E-state index contributed by atoms with van der Waals surface area (Å²) in [4.78, 5) is 9.77. The van der Waals surface area contributed by atoms with E-state index >= 15 is 0 Å². The van der Waals surface area contributed by atoms with Crippen molar-refractivity contribution in [3.63, 3.8) is 0 Å². The molecule has 1 aliphatic rings. The van der Waals surface area contributed by atoms with Gasteiger partial charge in [-0.15, -0.1) is 22.7 Å². The number of hydrogen-bond acceptors (Lipinski definition) is 7. The van der Waals surface area contributed by atoms with Crippen molar-refractivity contribution in [2.45, 2.75) is 23.5 Å². The Kier molecular flexibility index (Phi) is 5.28. The molecule has 1 aliphatic heterocycles. The van der Waals surface area contributed by atoms with Crippen molar-refractivity contribution >= 4 is 54.4 Å². The Hall–Kier alpha value is -2.33. The summed E-state index contributed by atoms with van der Waals surface area (Å²) in [5, 5.41) is 6.53. The fourth-order valence-corrected chi connectivity index (χ4v) is 7.41. The van der Waals surface area contributed by atoms with E-state index in [0.29, 0.717) is 28.9 Å². The highest BCUT2D eigenvalue weighted by Crippen LogP contribution is 2.34. The smallest absolute Gasteiger partial charge is 0.252 e. The van der Waals surface area contributed by atoms with Gasteiger partial charge >= 0.3 is 0 Å². The molecule has 4 aromatic rings. The highest BCUT2D eigenvalue weighted by molar-refractivity contribution is 7.91. The lowest BCUT2D eigenvalue weighted by atomic mass is 10.2. The summed E-state index contributed by atoms with van der Waals surface area (Å²) in [5.41, 5.74) is 1.66. The van der Waals surface area contributed by atoms with E-state index in [4.69, 9.17) is 0 Å². The fraction of sp³-hybridized carbons (Fsp3) is 0.238. The van der Waals surface area contributed by atoms with Gasteiger partial charge in [-0.05, 0) is 53.9 Å². The quantitative estimate of drug-likeness (QED) is 0.439. The molecule has 3 aromatic heterocycles. The molecule has 1 N–H and O–H groups in total. The summed E-state index contributed by atoms with van der Waals surface area (Å²) in [6, 6.07) is 13.5. The van der Waals surface area contributed by atoms with Gasteiger partial charge in [0.05, 0.1) is 21.0 Å². The molecular formula is C21H20N4O2S3. The van der Waals surface area contributed by atoms with Crippen LogP contribution in [-0.4, -0.2) is 35.8 Å². The molecule has 0 spiro atoms. The molecule has 0 amide bonds. The molecular weight excluding hydrogens is 436 g/mol. The van der Waals surface area contributed by atoms with E-state index in [-0.39, 0.29) is 0 Å². The summed E-state index contributed by atoms with van der Waals surface area (Å²) in [7, 11) is -3.43. The van der Waals surface area contributed by atoms with Crippen molar-refractivity contribution in [1.29, 1.82) is 0 Å². The molecule has 154 valence electrons. The van der Waals surface area contributed by atoms with Crippen LogP contribution in [0.1, 0.15) is 19.3 Å². The second kappa shape index (κ2) is 8.07. The summed E-state index contributed by atoms with van der Waals surface area (Å²) in [5.74, 6) is 0.488. The Morgan fingerprint density at radius 3 is 2.73 bits per heavy atom. The lowest BCUT2D eigenvalue weighted by molar-refractivity contribution is 0.347. The van der Waals surface area contributed by atoms with Crippen molar-refractivity contribution in [2.24, 2.45) is 0 Å². The van der Waals surface area contributed by atoms with E-state index in [9.17, 15) is 8.42 Å². The first kappa shape index (κ1) is 19.6. The van der Waals surface area contributed by atoms with E-state index in [2.05, 4.69) is 32.8 Å². The van der Waals surface area contributed by atoms with Gasteiger partial charge in [0.1, 0.15) is 4.21 Å². The van der Waals surface area contributed by atoms with Gasteiger partial charge in [-0.1, -0.05) is 18.6 Å². The first-order chi connectivity index (χ1) is 14.6. The van der Waals surface area contributed by atoms with Crippen LogP contribution in [-0.2, 0) is 10.0 Å². The van der Waals surface area contributed by atoms with E-state index in [1.807, 2.05) is 18.2 Å². The molecule has 0 atom stereocenters. The number of rotatable bonds is 5. The molecule has 1 aromatic carbocycles. The largest absolute Gasteiger partial charge is 0.323 e. The molecule has 0 bridgehead atoms. The number of benzene rings is 1. The van der Waals surface area contributed by atoms with Crippen LogP contribution in [0.3, 0.4) is 0 Å². The number of piperidine rings is 1. The molecule has 1 saturated heterocycles. The highest BCUT2D eigenvalue weighted by Gasteiger charge is 2.27. The number of anilines is 2. The Bertz CT molecular complexity index is 1290. The summed E-state index contributed by atoms with van der Waals surface area (Å²) >= 11 is 2.93. The maximum atomic E-state index is 12.9. The van der Waals surface area contributed by atoms with Crippen molar-refractivity contribution in [3.05, 3.63) is 54.0 Å². The Morgan fingerprint density at radius 2 is 1.87 bits per heavy atom. The van der Waals surface area contributed by atoms with Gasteiger partial charge in [-0.3, -0.25) is 0 Å². The van der Waals surface area contributed by atoms with Crippen LogP contribution in [0.5, 0.6) is 0 Å². The van der Waals surface area contributed by atoms with E-state index in [1.165, 1.54) is 16.7 Å². The predicted molar refractivity (Wildman–Crippen MR) is 123 cm³/mol. The van der Waals surface area contributed by atoms with E-state index < -0.39 is 10.0 Å². The summed E-state index contributed by atoms with van der Waals surface area (Å²) in [6.07, 6.45) is 4.64. The second-order valence-electron chi connectivity index (χ2n) is 7.12. The van der Waals surface area contributed by atoms with Crippen molar-refractivity contribution in [3.8, 4) is 10.6 Å². The highest BCUT2D eigenvalue weighted by atomic mass is 32.2. The third-order valence-electron chi connectivity index (χ3n) is 5.12. The number of aromatic nitrogens is 2. The number of sulfonamides is 1. The zero-order valence-electron chi connectivity index (χ0n) is 16.1. The molecule has 0 radical (unpaired) electrons. The SMILES string of the molecule is O=S(=O)(c1ccc(-c2ccnc(Nc3cccc4ccsc34)n2)s1)N1CCCCC1. The van der Waals surface area contributed by atoms with Crippen LogP contribution in [0.4, 0.5) is 11.6 Å². The van der Waals surface area contributed by atoms with E-state index in [1.54, 1.807) is 34.0 Å². The zero-order valence-corrected chi connectivity index (χ0v) is 18.6. The van der Waals surface area contributed by atoms with Crippen molar-refractivity contribution in [1.82, 2.24) is 14.3 Å². The molecule has 30 heavy (non-hydrogen) atoms. The minimum atomic E-state index is -3.43. The fourth-order valence-electron chi connectivity index (χ4n) is 3.60. The minimum Gasteiger partial charge on any atom is -0.323 e. The van der Waals surface area contributed by atoms with Crippen LogP contribution in [0.2, 0.25) is 0 Å². The topological polar surface area (TPSA) is 75.2 Å². The van der Waals surface area contributed by atoms with E-state index in [0.717, 1.165) is 34.5 Å². The lowest BCUT2D eigenvalue weighted by Gasteiger charge is -2.25. The molecule has 0 aliphatic carbocycles. The molecule has 6 nitrogen and oxygen atoms in total. The van der Waals surface area contributed by atoms with Crippen LogP contribution in [0, 0.1) is 0 Å². The monoisotopic (exact) mass is 456 g/mol. The van der Waals surface area contributed by atoms with Crippen LogP contribution in [0.25, 0.3) is 20.7 Å². The van der Waals surface area contributed by atoms with Crippen molar-refractivity contribution < 1.29 is 8.42 Å². The van der Waals surface area contributed by atoms with Crippen LogP contribution in [0.15, 0.2) is 58.3 Å². The van der Waals surface area contributed by atoms with Gasteiger partial charge in [-0.2, -0.15) is 4.31 Å². The number of thiophene rings is 2. The van der Waals surface area contributed by atoms with Crippen LogP contribution >= 0.6 is 22.7 Å². The first-order valence-corrected chi connectivity index (χ1v) is 12.9. The molecule has 9 heteroatoms. The van der Waals surface area contributed by atoms with Gasteiger partial charge in [0.15, 0.2) is 0 Å². The maximum absolute atomic E-state index is 12.9. The molecule has 4 heterocycles. The lowest BCUT2D eigenvalue weighted by Crippen LogP contribution is -2.35. The Morgan fingerprint density at radius 1 is 1.00 bits per heavy atom. The Labute approximate surface area is 183 Å². The average Bonchev–Trinajstić information content (AvgIpc) is 3.45. The third kappa shape index (κ3) is 3.74.